The Morgan fingerprint density at radius 2 is 1.54 bits per heavy atom. The number of ether oxygens (including phenoxy) is 4. The maximum atomic E-state index is 12.4. The van der Waals surface area contributed by atoms with Gasteiger partial charge in [0.1, 0.15) is 18.1 Å². The van der Waals surface area contributed by atoms with Crippen LogP contribution in [0.15, 0.2) is 60.8 Å². The minimum atomic E-state index is -2.27. The summed E-state index contributed by atoms with van der Waals surface area (Å²) in [6, 6.07) is -1.11. The van der Waals surface area contributed by atoms with Crippen LogP contribution in [0.1, 0.15) is 52.9 Å². The fourth-order valence-corrected chi connectivity index (χ4v) is 6.28. The van der Waals surface area contributed by atoms with Gasteiger partial charge in [-0.15, -0.1) is 0 Å². The first-order valence-corrected chi connectivity index (χ1v) is 16.9. The third-order valence-electron chi connectivity index (χ3n) is 9.18. The Balaban J connectivity index is 1.95. The minimum Gasteiger partial charge on any atom is -0.481 e. The van der Waals surface area contributed by atoms with E-state index < -0.39 is 116 Å². The van der Waals surface area contributed by atoms with Crippen molar-refractivity contribution in [1.82, 2.24) is 0 Å². The van der Waals surface area contributed by atoms with Gasteiger partial charge < -0.3 is 65.5 Å². The number of cyclic esters (lactones) is 1. The summed E-state index contributed by atoms with van der Waals surface area (Å²) in [6.45, 7) is 5.21. The van der Waals surface area contributed by atoms with Gasteiger partial charge in [-0.3, -0.25) is 4.79 Å². The van der Waals surface area contributed by atoms with E-state index in [-0.39, 0.29) is 12.3 Å². The van der Waals surface area contributed by atoms with E-state index >= 15 is 0 Å². The summed E-state index contributed by atoms with van der Waals surface area (Å²) in [4.78, 5) is 24.7. The third kappa shape index (κ3) is 11.9. The number of carboxylic acid groups (broad SMARTS) is 1. The van der Waals surface area contributed by atoms with Crippen molar-refractivity contribution in [3.63, 3.8) is 0 Å². The number of carbonyl (C=O) groups is 2. The maximum Gasteiger partial charge on any atom is 0.330 e. The van der Waals surface area contributed by atoms with Gasteiger partial charge in [-0.25, -0.2) is 4.79 Å². The molecule has 0 aromatic heterocycles. The van der Waals surface area contributed by atoms with Gasteiger partial charge in [-0.05, 0) is 26.3 Å². The molecule has 0 radical (unpaired) electrons. The number of esters is 1. The van der Waals surface area contributed by atoms with E-state index in [1.807, 2.05) is 13.0 Å². The van der Waals surface area contributed by atoms with E-state index in [1.165, 1.54) is 6.08 Å². The number of rotatable bonds is 4. The maximum absolute atomic E-state index is 12.4. The summed E-state index contributed by atoms with van der Waals surface area (Å²) in [7, 11) is 0. The molecule has 50 heavy (non-hydrogen) atoms. The predicted octanol–water partition coefficient (Wildman–Crippen LogP) is -0.290. The highest BCUT2D eigenvalue weighted by atomic mass is 16.7. The Bertz CT molecular complexity index is 1250. The Morgan fingerprint density at radius 1 is 0.900 bits per heavy atom. The van der Waals surface area contributed by atoms with Crippen molar-refractivity contribution < 1.29 is 69.4 Å². The molecule has 0 spiro atoms. The van der Waals surface area contributed by atoms with Gasteiger partial charge in [0, 0.05) is 37.7 Å². The van der Waals surface area contributed by atoms with Crippen LogP contribution in [0.3, 0.4) is 0 Å². The zero-order chi connectivity index (χ0) is 37.2. The number of aliphatic hydroxyl groups is 7. The SMILES string of the molecule is CCC1C=CC=CC=CC=CC(OC2OC(C)C(O)C(N)C2O)CC2OC(O)(CC(O)CC(O)C(O)C=CC(=O)OC1C)CC(O)C2C(=O)O. The molecule has 15 heteroatoms. The average molecular weight is 712 g/mol. The van der Waals surface area contributed by atoms with Crippen LogP contribution in [0, 0.1) is 11.8 Å². The van der Waals surface area contributed by atoms with Crippen LogP contribution >= 0.6 is 0 Å². The van der Waals surface area contributed by atoms with Crippen LogP contribution in [0.4, 0.5) is 0 Å². The van der Waals surface area contributed by atoms with Gasteiger partial charge in [0.15, 0.2) is 12.1 Å². The van der Waals surface area contributed by atoms with Crippen LogP contribution in [0.25, 0.3) is 0 Å². The molecule has 3 heterocycles. The summed E-state index contributed by atoms with van der Waals surface area (Å²) < 4.78 is 23.0. The lowest BCUT2D eigenvalue weighted by Gasteiger charge is -2.45. The molecule has 282 valence electrons. The van der Waals surface area contributed by atoms with Crippen molar-refractivity contribution in [2.75, 3.05) is 0 Å². The standard InChI is InChI=1S/C35H53NO14/c1-4-21-11-9-7-5-6-8-10-12-23(49-34-32(43)30(36)31(42)20(3)48-34)16-27-29(33(44)45)26(40)18-35(46,50-27)17-22(37)15-25(39)24(38)13-14-28(41)47-19(21)2/h5-14,19-27,29-32,34,37-40,42-43,46H,4,15-18,36H2,1-3H3,(H,44,45). The van der Waals surface area contributed by atoms with E-state index in [0.29, 0.717) is 6.42 Å². The Kier molecular flexibility index (Phi) is 15.9. The van der Waals surface area contributed by atoms with Crippen molar-refractivity contribution in [2.45, 2.75) is 132 Å². The molecule has 15 atom stereocenters. The molecule has 10 N–H and O–H groups in total. The molecule has 2 saturated heterocycles. The molecule has 0 amide bonds. The molecule has 2 bridgehead atoms. The molecule has 0 aromatic rings. The summed E-state index contributed by atoms with van der Waals surface area (Å²) in [5, 5.41) is 84.9. The highest BCUT2D eigenvalue weighted by Crippen LogP contribution is 2.38. The summed E-state index contributed by atoms with van der Waals surface area (Å²) in [6.07, 6.45) is 0.278. The molecule has 2 fully saturated rings. The molecule has 15 unspecified atom stereocenters. The molecule has 3 rings (SSSR count). The topological polar surface area (TPSA) is 259 Å². The second-order valence-electron chi connectivity index (χ2n) is 13.2. The summed E-state index contributed by atoms with van der Waals surface area (Å²) in [5.74, 6) is -6.09. The Hall–Kier alpha value is -2.80. The fourth-order valence-electron chi connectivity index (χ4n) is 6.28. The van der Waals surface area contributed by atoms with Gasteiger partial charge in [-0.2, -0.15) is 0 Å². The Labute approximate surface area is 291 Å². The molecular formula is C35H53NO14. The smallest absolute Gasteiger partial charge is 0.330 e. The van der Waals surface area contributed by atoms with E-state index in [4.69, 9.17) is 24.7 Å². The lowest BCUT2D eigenvalue weighted by Crippen LogP contribution is -2.61. The van der Waals surface area contributed by atoms with Crippen LogP contribution in [0.2, 0.25) is 0 Å². The van der Waals surface area contributed by atoms with Crippen molar-refractivity contribution in [2.24, 2.45) is 17.6 Å². The van der Waals surface area contributed by atoms with E-state index in [2.05, 4.69) is 0 Å². The lowest BCUT2D eigenvalue weighted by atomic mass is 9.82. The number of carboxylic acids is 1. The quantitative estimate of drug-likeness (QED) is 0.170. The number of allylic oxidation sites excluding steroid dienone is 6. The molecule has 0 saturated carbocycles. The predicted molar refractivity (Wildman–Crippen MR) is 178 cm³/mol. The zero-order valence-electron chi connectivity index (χ0n) is 28.5. The molecule has 3 aliphatic rings. The first-order chi connectivity index (χ1) is 23.5. The van der Waals surface area contributed by atoms with Crippen LogP contribution in [-0.2, 0) is 28.5 Å². The van der Waals surface area contributed by atoms with Crippen molar-refractivity contribution in [3.8, 4) is 0 Å². The highest BCUT2D eigenvalue weighted by Gasteiger charge is 2.51. The van der Waals surface area contributed by atoms with Gasteiger partial charge in [0.2, 0.25) is 0 Å². The van der Waals surface area contributed by atoms with Gasteiger partial charge >= 0.3 is 11.9 Å². The van der Waals surface area contributed by atoms with E-state index in [9.17, 15) is 50.4 Å². The minimum absolute atomic E-state index is 0.120. The molecule has 0 aromatic carbocycles. The molecule has 0 aliphatic carbocycles. The van der Waals surface area contributed by atoms with Crippen LogP contribution in [-0.4, -0.2) is 132 Å². The first kappa shape index (κ1) is 41.6. The second-order valence-corrected chi connectivity index (χ2v) is 13.2. The lowest BCUT2D eigenvalue weighted by molar-refractivity contribution is -0.308. The monoisotopic (exact) mass is 711 g/mol. The van der Waals surface area contributed by atoms with Crippen LogP contribution < -0.4 is 5.73 Å². The normalized spacial score (nSPS) is 42.8. The molecule has 15 nitrogen and oxygen atoms in total. The van der Waals surface area contributed by atoms with Crippen molar-refractivity contribution in [3.05, 3.63) is 60.8 Å². The first-order valence-electron chi connectivity index (χ1n) is 16.9. The summed E-state index contributed by atoms with van der Waals surface area (Å²) in [5.41, 5.74) is 5.97. The van der Waals surface area contributed by atoms with E-state index in [0.717, 1.165) is 12.2 Å². The summed E-state index contributed by atoms with van der Waals surface area (Å²) >= 11 is 0. The number of fused-ring (bicyclic) bond motifs is 2. The second kappa shape index (κ2) is 19.2. The Morgan fingerprint density at radius 3 is 2.18 bits per heavy atom. The number of hydrogen-bond acceptors (Lipinski definition) is 14. The van der Waals surface area contributed by atoms with Gasteiger partial charge in [0.25, 0.3) is 0 Å². The van der Waals surface area contributed by atoms with Crippen molar-refractivity contribution in [1.29, 1.82) is 0 Å². The van der Waals surface area contributed by atoms with Crippen LogP contribution in [0.5, 0.6) is 0 Å². The van der Waals surface area contributed by atoms with Gasteiger partial charge in [0.05, 0.1) is 54.9 Å². The largest absolute Gasteiger partial charge is 0.481 e. The molecular weight excluding hydrogens is 658 g/mol. The number of aliphatic hydroxyl groups excluding tert-OH is 6. The number of nitrogens with two attached hydrogens (primary N) is 1. The fraction of sp³-hybridized carbons (Fsp3) is 0.657. The zero-order valence-corrected chi connectivity index (χ0v) is 28.5. The number of aliphatic carboxylic acids is 1. The number of carbonyl (C=O) groups excluding carboxylic acids is 1. The number of hydrogen-bond donors (Lipinski definition) is 9. The van der Waals surface area contributed by atoms with E-state index in [1.54, 1.807) is 50.3 Å². The molecule has 3 aliphatic heterocycles. The highest BCUT2D eigenvalue weighted by molar-refractivity contribution is 5.82. The van der Waals surface area contributed by atoms with Gasteiger partial charge in [-0.1, -0.05) is 55.5 Å². The third-order valence-corrected chi connectivity index (χ3v) is 9.18. The van der Waals surface area contributed by atoms with Crippen molar-refractivity contribution >= 4 is 11.9 Å². The average Bonchev–Trinajstić information content (AvgIpc) is 3.02.